The van der Waals surface area contributed by atoms with Gasteiger partial charge in [0.1, 0.15) is 18.2 Å². The fraction of sp³-hybridized carbons (Fsp3) is 0.500. The van der Waals surface area contributed by atoms with E-state index in [1.165, 1.54) is 0 Å². The average Bonchev–Trinajstić information content (AvgIpc) is 2.49. The number of carbonyl (C=O) groups excluding carboxylic acids is 3. The molecule has 0 saturated heterocycles. The molecular formula is C18H26N2O4. The van der Waals surface area contributed by atoms with Crippen molar-refractivity contribution in [1.82, 2.24) is 10.6 Å². The van der Waals surface area contributed by atoms with E-state index < -0.39 is 23.5 Å². The lowest BCUT2D eigenvalue weighted by Gasteiger charge is -2.23. The normalized spacial score (nSPS) is 12.4. The van der Waals surface area contributed by atoms with Gasteiger partial charge in [0.15, 0.2) is 0 Å². The minimum atomic E-state index is -0.736. The van der Waals surface area contributed by atoms with E-state index in [9.17, 15) is 14.4 Å². The molecule has 1 atom stereocenters. The highest BCUT2D eigenvalue weighted by atomic mass is 16.6. The van der Waals surface area contributed by atoms with Crippen LogP contribution in [0.4, 0.5) is 0 Å². The van der Waals surface area contributed by atoms with Gasteiger partial charge in [-0.25, -0.2) is 0 Å². The molecule has 0 aromatic heterocycles. The molecule has 0 aliphatic carbocycles. The monoisotopic (exact) mass is 334 g/mol. The number of benzene rings is 1. The van der Waals surface area contributed by atoms with E-state index >= 15 is 0 Å². The molecular weight excluding hydrogens is 308 g/mol. The van der Waals surface area contributed by atoms with Crippen LogP contribution >= 0.6 is 0 Å². The van der Waals surface area contributed by atoms with E-state index in [0.717, 1.165) is 0 Å². The summed E-state index contributed by atoms with van der Waals surface area (Å²) in [7, 11) is 0. The summed E-state index contributed by atoms with van der Waals surface area (Å²) in [4.78, 5) is 36.2. The Hall–Kier alpha value is -2.37. The molecule has 6 heteroatoms. The van der Waals surface area contributed by atoms with Crippen molar-refractivity contribution in [2.75, 3.05) is 6.54 Å². The van der Waals surface area contributed by atoms with Crippen molar-refractivity contribution in [2.24, 2.45) is 5.92 Å². The van der Waals surface area contributed by atoms with E-state index in [1.807, 2.05) is 19.9 Å². The molecule has 6 nitrogen and oxygen atoms in total. The first-order valence-corrected chi connectivity index (χ1v) is 7.95. The van der Waals surface area contributed by atoms with Crippen LogP contribution in [-0.2, 0) is 14.3 Å². The Balaban J connectivity index is 2.63. The number of rotatable bonds is 6. The molecule has 0 fully saturated rings. The zero-order chi connectivity index (χ0) is 18.3. The van der Waals surface area contributed by atoms with Gasteiger partial charge in [-0.3, -0.25) is 14.4 Å². The van der Waals surface area contributed by atoms with Gasteiger partial charge in [-0.1, -0.05) is 32.0 Å². The highest BCUT2D eigenvalue weighted by Gasteiger charge is 2.25. The first-order valence-electron chi connectivity index (χ1n) is 7.95. The lowest BCUT2D eigenvalue weighted by molar-refractivity contribution is -0.154. The third-order valence-corrected chi connectivity index (χ3v) is 3.10. The SMILES string of the molecule is CC(C)C(NC(=O)c1ccccc1)C(=O)NCC(=O)OC(C)(C)C. The van der Waals surface area contributed by atoms with Crippen LogP contribution in [0.3, 0.4) is 0 Å². The molecule has 1 unspecified atom stereocenters. The van der Waals surface area contributed by atoms with Crippen molar-refractivity contribution in [3.05, 3.63) is 35.9 Å². The second-order valence-electron chi connectivity index (χ2n) is 6.87. The van der Waals surface area contributed by atoms with Crippen molar-refractivity contribution in [3.63, 3.8) is 0 Å². The minimum Gasteiger partial charge on any atom is -0.459 e. The summed E-state index contributed by atoms with van der Waals surface area (Å²) in [5.41, 5.74) is -0.135. The molecule has 1 aromatic rings. The fourth-order valence-corrected chi connectivity index (χ4v) is 2.00. The van der Waals surface area contributed by atoms with Gasteiger partial charge in [-0.05, 0) is 38.8 Å². The van der Waals surface area contributed by atoms with Gasteiger partial charge < -0.3 is 15.4 Å². The molecule has 132 valence electrons. The predicted molar refractivity (Wildman–Crippen MR) is 91.4 cm³/mol. The topological polar surface area (TPSA) is 84.5 Å². The number of esters is 1. The standard InChI is InChI=1S/C18H26N2O4/c1-12(2)15(20-16(22)13-9-7-6-8-10-13)17(23)19-11-14(21)24-18(3,4)5/h6-10,12,15H,11H2,1-5H3,(H,19,23)(H,20,22). The van der Waals surface area contributed by atoms with Crippen molar-refractivity contribution < 1.29 is 19.1 Å². The van der Waals surface area contributed by atoms with Crippen LogP contribution < -0.4 is 10.6 Å². The average molecular weight is 334 g/mol. The summed E-state index contributed by atoms with van der Waals surface area (Å²) in [6, 6.07) is 7.92. The number of hydrogen-bond donors (Lipinski definition) is 2. The highest BCUT2D eigenvalue weighted by Crippen LogP contribution is 2.07. The maximum atomic E-state index is 12.3. The van der Waals surface area contributed by atoms with Gasteiger partial charge in [0.2, 0.25) is 5.91 Å². The molecule has 2 amide bonds. The Labute approximate surface area is 143 Å². The van der Waals surface area contributed by atoms with E-state index in [1.54, 1.807) is 45.0 Å². The number of hydrogen-bond acceptors (Lipinski definition) is 4. The summed E-state index contributed by atoms with van der Waals surface area (Å²) in [5.74, 6) is -1.40. The Kier molecular flexibility index (Phi) is 6.95. The largest absolute Gasteiger partial charge is 0.459 e. The van der Waals surface area contributed by atoms with Gasteiger partial charge in [0, 0.05) is 5.56 Å². The Bertz CT molecular complexity index is 576. The third-order valence-electron chi connectivity index (χ3n) is 3.10. The zero-order valence-electron chi connectivity index (χ0n) is 14.9. The molecule has 1 rings (SSSR count). The van der Waals surface area contributed by atoms with E-state index in [-0.39, 0.29) is 18.4 Å². The number of amides is 2. The smallest absolute Gasteiger partial charge is 0.325 e. The second-order valence-corrected chi connectivity index (χ2v) is 6.87. The molecule has 2 N–H and O–H groups in total. The van der Waals surface area contributed by atoms with Crippen molar-refractivity contribution in [1.29, 1.82) is 0 Å². The molecule has 1 aromatic carbocycles. The second kappa shape index (κ2) is 8.47. The first kappa shape index (κ1) is 19.7. The van der Waals surface area contributed by atoms with Gasteiger partial charge in [0.25, 0.3) is 5.91 Å². The lowest BCUT2D eigenvalue weighted by atomic mass is 10.0. The Morgan fingerprint density at radius 3 is 2.17 bits per heavy atom. The maximum absolute atomic E-state index is 12.3. The van der Waals surface area contributed by atoms with Crippen LogP contribution in [0.25, 0.3) is 0 Å². The highest BCUT2D eigenvalue weighted by molar-refractivity contribution is 5.98. The molecule has 0 aliphatic rings. The molecule has 0 radical (unpaired) electrons. The molecule has 0 bridgehead atoms. The Morgan fingerprint density at radius 2 is 1.67 bits per heavy atom. The third kappa shape index (κ3) is 6.81. The van der Waals surface area contributed by atoms with Gasteiger partial charge in [-0.2, -0.15) is 0 Å². The van der Waals surface area contributed by atoms with Gasteiger partial charge in [0.05, 0.1) is 0 Å². The number of carbonyl (C=O) groups is 3. The summed E-state index contributed by atoms with van der Waals surface area (Å²) in [5, 5.41) is 5.22. The van der Waals surface area contributed by atoms with Crippen molar-refractivity contribution in [3.8, 4) is 0 Å². The fourth-order valence-electron chi connectivity index (χ4n) is 2.00. The predicted octanol–water partition coefficient (Wildman–Crippen LogP) is 1.90. The van der Waals surface area contributed by atoms with Gasteiger partial charge in [-0.15, -0.1) is 0 Å². The van der Waals surface area contributed by atoms with Crippen LogP contribution in [0, 0.1) is 5.92 Å². The van der Waals surface area contributed by atoms with Gasteiger partial charge >= 0.3 is 5.97 Å². The summed E-state index contributed by atoms with van der Waals surface area (Å²) < 4.78 is 5.14. The van der Waals surface area contributed by atoms with E-state index in [2.05, 4.69) is 10.6 Å². The summed E-state index contributed by atoms with van der Waals surface area (Å²) in [6.07, 6.45) is 0. The molecule has 24 heavy (non-hydrogen) atoms. The molecule has 0 saturated carbocycles. The number of ether oxygens (including phenoxy) is 1. The lowest BCUT2D eigenvalue weighted by Crippen LogP contribution is -2.51. The molecule has 0 aliphatic heterocycles. The Morgan fingerprint density at radius 1 is 1.08 bits per heavy atom. The van der Waals surface area contributed by atoms with Crippen LogP contribution in [0.2, 0.25) is 0 Å². The minimum absolute atomic E-state index is 0.128. The van der Waals surface area contributed by atoms with Crippen LogP contribution in [-0.4, -0.2) is 36.0 Å². The van der Waals surface area contributed by atoms with Crippen molar-refractivity contribution in [2.45, 2.75) is 46.3 Å². The molecule has 0 heterocycles. The summed E-state index contributed by atoms with van der Waals surface area (Å²) >= 11 is 0. The van der Waals surface area contributed by atoms with Crippen LogP contribution in [0.1, 0.15) is 45.0 Å². The quantitative estimate of drug-likeness (QED) is 0.778. The maximum Gasteiger partial charge on any atom is 0.325 e. The zero-order valence-corrected chi connectivity index (χ0v) is 14.9. The number of nitrogens with one attached hydrogen (secondary N) is 2. The molecule has 0 spiro atoms. The van der Waals surface area contributed by atoms with Crippen LogP contribution in [0.5, 0.6) is 0 Å². The summed E-state index contributed by atoms with van der Waals surface area (Å²) in [6.45, 7) is 8.67. The first-order chi connectivity index (χ1) is 11.1. The van der Waals surface area contributed by atoms with E-state index in [4.69, 9.17) is 4.74 Å². The van der Waals surface area contributed by atoms with Crippen LogP contribution in [0.15, 0.2) is 30.3 Å². The van der Waals surface area contributed by atoms with Crippen molar-refractivity contribution >= 4 is 17.8 Å². The van der Waals surface area contributed by atoms with E-state index in [0.29, 0.717) is 5.56 Å².